The van der Waals surface area contributed by atoms with Crippen LogP contribution in [-0.4, -0.2) is 88.4 Å². The van der Waals surface area contributed by atoms with Crippen LogP contribution < -0.4 is 0 Å². The Hall–Kier alpha value is -1.90. The number of nitrogens with zero attached hydrogens (tertiary/aromatic N) is 6. The third-order valence-corrected chi connectivity index (χ3v) is 5.81. The predicted molar refractivity (Wildman–Crippen MR) is 108 cm³/mol. The molecule has 1 aliphatic rings. The molecular formula is C19H28N6OS. The van der Waals surface area contributed by atoms with Crippen LogP contribution in [0.5, 0.6) is 0 Å². The second kappa shape index (κ2) is 9.34. The van der Waals surface area contributed by atoms with Gasteiger partial charge in [-0.25, -0.2) is 4.98 Å². The summed E-state index contributed by atoms with van der Waals surface area (Å²) in [5.41, 5.74) is 1.20. The number of likely N-dealkylation sites (N-methyl/N-ethyl adjacent to an activating group) is 2. The largest absolute Gasteiger partial charge is 0.334 e. The van der Waals surface area contributed by atoms with E-state index in [0.717, 1.165) is 37.6 Å². The van der Waals surface area contributed by atoms with Crippen LogP contribution in [0.15, 0.2) is 24.0 Å². The zero-order valence-corrected chi connectivity index (χ0v) is 17.2. The fourth-order valence-corrected chi connectivity index (χ4v) is 4.18. The molecule has 1 fully saturated rings. The van der Waals surface area contributed by atoms with Crippen LogP contribution in [0.2, 0.25) is 0 Å². The molecule has 2 aromatic rings. The average molecular weight is 389 g/mol. The Balaban J connectivity index is 1.75. The lowest BCUT2D eigenvalue weighted by Gasteiger charge is -2.30. The number of hydrogen-bond donors (Lipinski definition) is 0. The summed E-state index contributed by atoms with van der Waals surface area (Å²) >= 11 is 1.44. The fourth-order valence-electron chi connectivity index (χ4n) is 3.43. The van der Waals surface area contributed by atoms with E-state index >= 15 is 0 Å². The smallest absolute Gasteiger partial charge is 0.273 e. The van der Waals surface area contributed by atoms with Gasteiger partial charge in [0.2, 0.25) is 0 Å². The first kappa shape index (κ1) is 19.9. The highest BCUT2D eigenvalue weighted by molar-refractivity contribution is 7.13. The van der Waals surface area contributed by atoms with Gasteiger partial charge in [0.15, 0.2) is 0 Å². The summed E-state index contributed by atoms with van der Waals surface area (Å²) in [4.78, 5) is 32.6. The van der Waals surface area contributed by atoms with Crippen molar-refractivity contribution in [2.45, 2.75) is 25.8 Å². The number of rotatable bonds is 8. The Labute approximate surface area is 165 Å². The number of carbonyl (C=O) groups excluding carboxylic acids is 1. The van der Waals surface area contributed by atoms with Gasteiger partial charge in [0, 0.05) is 43.4 Å². The predicted octanol–water partition coefficient (Wildman–Crippen LogP) is 2.09. The molecule has 0 aromatic carbocycles. The molecule has 2 aromatic heterocycles. The Morgan fingerprint density at radius 1 is 1.33 bits per heavy atom. The first-order chi connectivity index (χ1) is 13.1. The van der Waals surface area contributed by atoms with Gasteiger partial charge in [0.05, 0.1) is 6.20 Å². The number of carbonyl (C=O) groups is 1. The third kappa shape index (κ3) is 5.09. The van der Waals surface area contributed by atoms with E-state index in [-0.39, 0.29) is 5.91 Å². The van der Waals surface area contributed by atoms with E-state index < -0.39 is 0 Å². The maximum Gasteiger partial charge on any atom is 0.273 e. The van der Waals surface area contributed by atoms with Gasteiger partial charge < -0.3 is 9.80 Å². The summed E-state index contributed by atoms with van der Waals surface area (Å²) < 4.78 is 0. The first-order valence-electron chi connectivity index (χ1n) is 9.48. The number of thiazole rings is 1. The molecule has 1 unspecified atom stereocenters. The molecule has 0 radical (unpaired) electrons. The number of likely N-dealkylation sites (tertiary alicyclic amines) is 1. The first-order valence-corrected chi connectivity index (χ1v) is 10.4. The summed E-state index contributed by atoms with van der Waals surface area (Å²) in [6.45, 7) is 6.67. The molecule has 8 heteroatoms. The number of aromatic nitrogens is 3. The number of hydrogen-bond acceptors (Lipinski definition) is 7. The highest BCUT2D eigenvalue weighted by atomic mass is 32.1. The zero-order chi connectivity index (χ0) is 19.2. The molecule has 1 atom stereocenters. The topological polar surface area (TPSA) is 65.5 Å². The molecule has 7 nitrogen and oxygen atoms in total. The molecule has 0 bridgehead atoms. The normalized spacial score (nSPS) is 17.6. The van der Waals surface area contributed by atoms with Crippen molar-refractivity contribution in [1.82, 2.24) is 29.7 Å². The average Bonchev–Trinajstić information content (AvgIpc) is 3.34. The highest BCUT2D eigenvalue weighted by Crippen LogP contribution is 2.23. The quantitative estimate of drug-likeness (QED) is 0.690. The van der Waals surface area contributed by atoms with Crippen molar-refractivity contribution in [3.63, 3.8) is 0 Å². The maximum atomic E-state index is 13.2. The van der Waals surface area contributed by atoms with Gasteiger partial charge in [0.25, 0.3) is 5.91 Å². The molecule has 3 heterocycles. The van der Waals surface area contributed by atoms with Gasteiger partial charge >= 0.3 is 0 Å². The van der Waals surface area contributed by atoms with Crippen molar-refractivity contribution in [3.8, 4) is 10.7 Å². The molecule has 27 heavy (non-hydrogen) atoms. The lowest BCUT2D eigenvalue weighted by Crippen LogP contribution is -2.45. The molecule has 3 rings (SSSR count). The minimum Gasteiger partial charge on any atom is -0.334 e. The van der Waals surface area contributed by atoms with Crippen molar-refractivity contribution >= 4 is 17.2 Å². The monoisotopic (exact) mass is 388 g/mol. The van der Waals surface area contributed by atoms with E-state index in [1.807, 2.05) is 24.4 Å². The van der Waals surface area contributed by atoms with E-state index in [4.69, 9.17) is 0 Å². The van der Waals surface area contributed by atoms with Gasteiger partial charge in [-0.05, 0) is 40.0 Å². The molecule has 1 amide bonds. The van der Waals surface area contributed by atoms with Crippen molar-refractivity contribution in [1.29, 1.82) is 0 Å². The van der Waals surface area contributed by atoms with Crippen LogP contribution >= 0.6 is 11.3 Å². The molecule has 0 N–H and O–H groups in total. The van der Waals surface area contributed by atoms with Gasteiger partial charge in [-0.1, -0.05) is 6.92 Å². The second-order valence-corrected chi connectivity index (χ2v) is 7.97. The molecule has 146 valence electrons. The summed E-state index contributed by atoms with van der Waals surface area (Å²) in [5.74, 6) is 0.00573. The van der Waals surface area contributed by atoms with Crippen molar-refractivity contribution in [2.75, 3.05) is 46.8 Å². The van der Waals surface area contributed by atoms with Gasteiger partial charge in [-0.3, -0.25) is 19.7 Å². The number of amides is 1. The Morgan fingerprint density at radius 2 is 2.19 bits per heavy atom. The van der Waals surface area contributed by atoms with Crippen LogP contribution in [0, 0.1) is 0 Å². The molecule has 0 aliphatic carbocycles. The molecule has 0 spiro atoms. The molecule has 1 aliphatic heterocycles. The van der Waals surface area contributed by atoms with E-state index in [9.17, 15) is 4.79 Å². The summed E-state index contributed by atoms with van der Waals surface area (Å²) in [7, 11) is 4.07. The Kier molecular flexibility index (Phi) is 6.87. The van der Waals surface area contributed by atoms with Crippen LogP contribution in [0.25, 0.3) is 10.7 Å². The standard InChI is InChI=1S/C19H28N6OS/c1-4-24-9-5-6-15(24)13-25(11-10-23(2)3)19(26)17-14-27-18(22-17)16-12-20-7-8-21-16/h7-8,12,14-15H,4-6,9-11,13H2,1-3H3. The van der Waals surface area contributed by atoms with Crippen LogP contribution in [0.4, 0.5) is 0 Å². The zero-order valence-electron chi connectivity index (χ0n) is 16.3. The fraction of sp³-hybridized carbons (Fsp3) is 0.579. The molecule has 1 saturated heterocycles. The SMILES string of the molecule is CCN1CCCC1CN(CCN(C)C)C(=O)c1csc(-c2cnccn2)n1. The Morgan fingerprint density at radius 3 is 2.89 bits per heavy atom. The molecular weight excluding hydrogens is 360 g/mol. The van der Waals surface area contributed by atoms with Crippen molar-refractivity contribution in [3.05, 3.63) is 29.7 Å². The Bertz CT molecular complexity index is 735. The summed E-state index contributed by atoms with van der Waals surface area (Å²) in [5, 5.41) is 2.57. The van der Waals surface area contributed by atoms with Gasteiger partial charge in [-0.15, -0.1) is 11.3 Å². The van der Waals surface area contributed by atoms with E-state index in [1.165, 1.54) is 17.8 Å². The minimum atomic E-state index is 0.00573. The van der Waals surface area contributed by atoms with E-state index in [0.29, 0.717) is 24.0 Å². The van der Waals surface area contributed by atoms with Crippen molar-refractivity contribution in [2.24, 2.45) is 0 Å². The third-order valence-electron chi connectivity index (χ3n) is 4.95. The minimum absolute atomic E-state index is 0.00573. The second-order valence-electron chi connectivity index (χ2n) is 7.11. The molecule has 0 saturated carbocycles. The van der Waals surface area contributed by atoms with Crippen molar-refractivity contribution < 1.29 is 4.79 Å². The van der Waals surface area contributed by atoms with Gasteiger partial charge in [-0.2, -0.15) is 0 Å². The highest BCUT2D eigenvalue weighted by Gasteiger charge is 2.28. The van der Waals surface area contributed by atoms with Crippen LogP contribution in [-0.2, 0) is 0 Å². The summed E-state index contributed by atoms with van der Waals surface area (Å²) in [6, 6.07) is 0.444. The van der Waals surface area contributed by atoms with Crippen LogP contribution in [0.1, 0.15) is 30.3 Å². The van der Waals surface area contributed by atoms with E-state index in [2.05, 4.69) is 31.7 Å². The van der Waals surface area contributed by atoms with Crippen LogP contribution in [0.3, 0.4) is 0 Å². The maximum absolute atomic E-state index is 13.2. The van der Waals surface area contributed by atoms with Gasteiger partial charge in [0.1, 0.15) is 16.4 Å². The summed E-state index contributed by atoms with van der Waals surface area (Å²) in [6.07, 6.45) is 7.31. The lowest BCUT2D eigenvalue weighted by atomic mass is 10.2. The van der Waals surface area contributed by atoms with E-state index in [1.54, 1.807) is 18.6 Å². The lowest BCUT2D eigenvalue weighted by molar-refractivity contribution is 0.0689.